The quantitative estimate of drug-likeness (QED) is 0.565. The predicted molar refractivity (Wildman–Crippen MR) is 90.5 cm³/mol. The molecule has 0 saturated heterocycles. The summed E-state index contributed by atoms with van der Waals surface area (Å²) in [4.78, 5) is 0. The van der Waals surface area contributed by atoms with E-state index >= 15 is 0 Å². The van der Waals surface area contributed by atoms with Crippen LogP contribution in [0.4, 0.5) is 0 Å². The second kappa shape index (κ2) is 7.54. The third-order valence-electron chi connectivity index (χ3n) is 5.03. The van der Waals surface area contributed by atoms with E-state index < -0.39 is 0 Å². The molecule has 0 fully saturated rings. The summed E-state index contributed by atoms with van der Waals surface area (Å²) < 4.78 is 0. The van der Waals surface area contributed by atoms with Crippen LogP contribution in [0, 0.1) is 6.07 Å². The molecular formula is C21H25Li. The Bertz CT molecular complexity index is 559. The van der Waals surface area contributed by atoms with Crippen LogP contribution in [-0.4, -0.2) is 0 Å². The Balaban J connectivity index is 0.00000176. The summed E-state index contributed by atoms with van der Waals surface area (Å²) in [5.74, 6) is 0. The van der Waals surface area contributed by atoms with E-state index in [0.717, 1.165) is 0 Å². The van der Waals surface area contributed by atoms with Crippen molar-refractivity contribution in [1.82, 2.24) is 0 Å². The van der Waals surface area contributed by atoms with Gasteiger partial charge in [0, 0.05) is 0 Å². The molecular weight excluding hydrogens is 259 g/mol. The van der Waals surface area contributed by atoms with Crippen LogP contribution >= 0.6 is 0 Å². The monoisotopic (exact) mass is 284 g/mol. The fourth-order valence-electron chi connectivity index (χ4n) is 3.96. The Morgan fingerprint density at radius 1 is 0.864 bits per heavy atom. The molecule has 1 heteroatoms. The van der Waals surface area contributed by atoms with Gasteiger partial charge in [-0.2, -0.15) is 24.3 Å². The molecule has 0 spiro atoms. The van der Waals surface area contributed by atoms with Gasteiger partial charge >= 0.3 is 18.9 Å². The van der Waals surface area contributed by atoms with Gasteiger partial charge in [0.1, 0.15) is 0 Å². The molecule has 0 unspecified atom stereocenters. The van der Waals surface area contributed by atoms with Crippen molar-refractivity contribution in [3.63, 3.8) is 0 Å². The summed E-state index contributed by atoms with van der Waals surface area (Å²) >= 11 is 0. The van der Waals surface area contributed by atoms with E-state index in [1.165, 1.54) is 55.2 Å². The number of hydrogen-bond acceptors (Lipinski definition) is 0. The minimum atomic E-state index is 0. The zero-order valence-electron chi connectivity index (χ0n) is 14.3. The number of benzene rings is 2. The van der Waals surface area contributed by atoms with Crippen molar-refractivity contribution in [2.45, 2.75) is 57.8 Å². The van der Waals surface area contributed by atoms with E-state index in [-0.39, 0.29) is 24.3 Å². The Morgan fingerprint density at radius 3 is 2.18 bits per heavy atom. The van der Waals surface area contributed by atoms with Crippen molar-refractivity contribution in [1.29, 1.82) is 0 Å². The van der Waals surface area contributed by atoms with Gasteiger partial charge in [-0.1, -0.05) is 76.6 Å². The maximum absolute atomic E-state index is 3.34. The Hall–Kier alpha value is -0.963. The van der Waals surface area contributed by atoms with Crippen LogP contribution in [0.1, 0.15) is 63.5 Å². The zero-order chi connectivity index (χ0) is 14.7. The first-order valence-corrected chi connectivity index (χ1v) is 8.44. The summed E-state index contributed by atoms with van der Waals surface area (Å²) in [6.45, 7) is 4.60. The van der Waals surface area contributed by atoms with Crippen molar-refractivity contribution in [2.24, 2.45) is 0 Å². The van der Waals surface area contributed by atoms with Gasteiger partial charge < -0.3 is 0 Å². The molecule has 1 aliphatic rings. The maximum Gasteiger partial charge on any atom is 1.00 e. The molecule has 0 radical (unpaired) electrons. The van der Waals surface area contributed by atoms with Crippen molar-refractivity contribution in [3.05, 3.63) is 59.7 Å². The molecule has 0 N–H and O–H groups in total. The van der Waals surface area contributed by atoms with Crippen LogP contribution in [0.2, 0.25) is 0 Å². The average molecular weight is 284 g/mol. The van der Waals surface area contributed by atoms with E-state index in [1.807, 2.05) is 0 Å². The molecule has 0 nitrogen and oxygen atoms in total. The van der Waals surface area contributed by atoms with E-state index in [0.29, 0.717) is 0 Å². The average Bonchev–Trinajstić information content (AvgIpc) is 2.82. The van der Waals surface area contributed by atoms with Gasteiger partial charge in [0.15, 0.2) is 0 Å². The molecule has 0 atom stereocenters. The SMILES string of the molecule is CCCCC1(CCCC)c2c[c-]ccc2-c2ccccc21.[Li+]. The number of hydrogen-bond donors (Lipinski definition) is 0. The van der Waals surface area contributed by atoms with Crippen molar-refractivity contribution < 1.29 is 18.9 Å². The molecule has 0 bridgehead atoms. The molecule has 0 amide bonds. The smallest absolute Gasteiger partial charge is 0.183 e. The fourth-order valence-corrected chi connectivity index (χ4v) is 3.96. The van der Waals surface area contributed by atoms with Crippen LogP contribution in [-0.2, 0) is 5.41 Å². The summed E-state index contributed by atoms with van der Waals surface area (Å²) in [6, 6.07) is 19.0. The molecule has 22 heavy (non-hydrogen) atoms. The van der Waals surface area contributed by atoms with Crippen LogP contribution in [0.25, 0.3) is 11.1 Å². The molecule has 0 aromatic heterocycles. The minimum absolute atomic E-state index is 0. The molecule has 2 aromatic rings. The third kappa shape index (κ3) is 2.80. The first-order valence-electron chi connectivity index (χ1n) is 8.44. The molecule has 0 saturated carbocycles. The third-order valence-corrected chi connectivity index (χ3v) is 5.03. The second-order valence-corrected chi connectivity index (χ2v) is 6.31. The van der Waals surface area contributed by atoms with E-state index in [1.54, 1.807) is 5.56 Å². The maximum atomic E-state index is 3.34. The number of fused-ring (bicyclic) bond motifs is 3. The van der Waals surface area contributed by atoms with Gasteiger partial charge in [-0.25, -0.2) is 0 Å². The van der Waals surface area contributed by atoms with Crippen molar-refractivity contribution >= 4 is 0 Å². The van der Waals surface area contributed by atoms with Gasteiger partial charge in [-0.15, -0.1) is 11.1 Å². The first kappa shape index (κ1) is 17.4. The summed E-state index contributed by atoms with van der Waals surface area (Å²) in [5.41, 5.74) is 6.20. The summed E-state index contributed by atoms with van der Waals surface area (Å²) in [5, 5.41) is 0. The molecule has 0 aliphatic heterocycles. The number of unbranched alkanes of at least 4 members (excludes halogenated alkanes) is 2. The minimum Gasteiger partial charge on any atom is -0.183 e. The van der Waals surface area contributed by atoms with E-state index in [2.05, 4.69) is 62.4 Å². The number of rotatable bonds is 6. The van der Waals surface area contributed by atoms with Crippen LogP contribution in [0.15, 0.2) is 42.5 Å². The molecule has 1 aliphatic carbocycles. The zero-order valence-corrected chi connectivity index (χ0v) is 14.3. The topological polar surface area (TPSA) is 0 Å². The fraction of sp³-hybridized carbons (Fsp3) is 0.429. The second-order valence-electron chi connectivity index (χ2n) is 6.31. The molecule has 3 rings (SSSR count). The van der Waals surface area contributed by atoms with Gasteiger partial charge in [0.2, 0.25) is 0 Å². The normalized spacial score (nSPS) is 14.1. The molecule has 2 aromatic carbocycles. The van der Waals surface area contributed by atoms with Gasteiger partial charge in [-0.3, -0.25) is 0 Å². The predicted octanol–water partition coefficient (Wildman–Crippen LogP) is 3.14. The van der Waals surface area contributed by atoms with E-state index in [4.69, 9.17) is 0 Å². The van der Waals surface area contributed by atoms with Crippen LogP contribution < -0.4 is 18.9 Å². The van der Waals surface area contributed by atoms with Gasteiger partial charge in [0.05, 0.1) is 0 Å². The molecule has 0 heterocycles. The summed E-state index contributed by atoms with van der Waals surface area (Å²) in [6.07, 6.45) is 7.67. The van der Waals surface area contributed by atoms with Gasteiger partial charge in [0.25, 0.3) is 0 Å². The Kier molecular flexibility index (Phi) is 5.96. The van der Waals surface area contributed by atoms with Gasteiger partial charge in [-0.05, 0) is 16.5 Å². The largest absolute Gasteiger partial charge is 1.00 e. The Morgan fingerprint density at radius 2 is 1.50 bits per heavy atom. The first-order chi connectivity index (χ1) is 10.3. The summed E-state index contributed by atoms with van der Waals surface area (Å²) in [7, 11) is 0. The standard InChI is InChI=1S/C21H25.Li/c1-3-5-15-21(16-6-4-2)19-13-9-7-11-17(19)18-12-8-10-14-20(18)21;/h7-9,11-14H,3-6,15-16H2,1-2H3;/q-1;+1. The van der Waals surface area contributed by atoms with Crippen LogP contribution in [0.5, 0.6) is 0 Å². The Labute approximate surface area is 147 Å². The molecule has 110 valence electrons. The van der Waals surface area contributed by atoms with E-state index in [9.17, 15) is 0 Å². The van der Waals surface area contributed by atoms with Crippen LogP contribution in [0.3, 0.4) is 0 Å². The van der Waals surface area contributed by atoms with Crippen molar-refractivity contribution in [3.8, 4) is 11.1 Å². The van der Waals surface area contributed by atoms with Crippen molar-refractivity contribution in [2.75, 3.05) is 0 Å².